The summed E-state index contributed by atoms with van der Waals surface area (Å²) in [6, 6.07) is 5.83. The van der Waals surface area contributed by atoms with Gasteiger partial charge in [0.2, 0.25) is 0 Å². The van der Waals surface area contributed by atoms with E-state index in [1.54, 1.807) is 16.9 Å². The van der Waals surface area contributed by atoms with Crippen LogP contribution in [-0.2, 0) is 7.05 Å². The van der Waals surface area contributed by atoms with Crippen molar-refractivity contribution in [3.63, 3.8) is 0 Å². The Hall–Kier alpha value is -2.39. The van der Waals surface area contributed by atoms with Crippen molar-refractivity contribution in [2.75, 3.05) is 26.0 Å². The highest BCUT2D eigenvalue weighted by atomic mass is 15.2. The molecule has 20 heavy (non-hydrogen) atoms. The van der Waals surface area contributed by atoms with Gasteiger partial charge in [0.1, 0.15) is 11.9 Å². The van der Waals surface area contributed by atoms with E-state index in [1.807, 2.05) is 39.6 Å². The third kappa shape index (κ3) is 3.33. The van der Waals surface area contributed by atoms with E-state index in [9.17, 15) is 0 Å². The first-order valence-electron chi connectivity index (χ1n) is 6.35. The summed E-state index contributed by atoms with van der Waals surface area (Å²) in [5.41, 5.74) is 1.71. The Labute approximate surface area is 118 Å². The van der Waals surface area contributed by atoms with Gasteiger partial charge in [0.05, 0.1) is 17.8 Å². The fourth-order valence-corrected chi connectivity index (χ4v) is 1.98. The Morgan fingerprint density at radius 2 is 2.20 bits per heavy atom. The van der Waals surface area contributed by atoms with Crippen molar-refractivity contribution in [3.05, 3.63) is 41.9 Å². The lowest BCUT2D eigenvalue weighted by atomic mass is 10.1. The summed E-state index contributed by atoms with van der Waals surface area (Å²) in [6.45, 7) is 0.720. The Morgan fingerprint density at radius 3 is 2.70 bits per heavy atom. The highest BCUT2D eigenvalue weighted by molar-refractivity contribution is 5.39. The van der Waals surface area contributed by atoms with Gasteiger partial charge >= 0.3 is 0 Å². The molecule has 0 aliphatic heterocycles. The van der Waals surface area contributed by atoms with Crippen molar-refractivity contribution in [1.29, 1.82) is 5.26 Å². The summed E-state index contributed by atoms with van der Waals surface area (Å²) < 4.78 is 1.80. The van der Waals surface area contributed by atoms with E-state index in [1.165, 1.54) is 0 Å². The smallest absolute Gasteiger partial charge is 0.126 e. The van der Waals surface area contributed by atoms with E-state index in [0.29, 0.717) is 5.56 Å². The van der Waals surface area contributed by atoms with Gasteiger partial charge in [-0.05, 0) is 26.2 Å². The van der Waals surface area contributed by atoms with E-state index < -0.39 is 0 Å². The van der Waals surface area contributed by atoms with Gasteiger partial charge in [-0.2, -0.15) is 10.4 Å². The van der Waals surface area contributed by atoms with Crippen LogP contribution in [0.1, 0.15) is 17.2 Å². The van der Waals surface area contributed by atoms with Gasteiger partial charge in [-0.3, -0.25) is 4.68 Å². The second kappa shape index (κ2) is 6.17. The minimum atomic E-state index is 0.209. The number of aromatic nitrogens is 3. The van der Waals surface area contributed by atoms with Crippen LogP contribution in [0.2, 0.25) is 0 Å². The predicted octanol–water partition coefficient (Wildman–Crippen LogP) is 1.40. The van der Waals surface area contributed by atoms with Crippen molar-refractivity contribution in [2.45, 2.75) is 6.04 Å². The first-order chi connectivity index (χ1) is 9.60. The Morgan fingerprint density at radius 1 is 1.40 bits per heavy atom. The number of hydrogen-bond donors (Lipinski definition) is 1. The lowest BCUT2D eigenvalue weighted by Crippen LogP contribution is -2.26. The Kier molecular flexibility index (Phi) is 4.33. The fourth-order valence-electron chi connectivity index (χ4n) is 1.98. The van der Waals surface area contributed by atoms with Crippen molar-refractivity contribution in [2.24, 2.45) is 7.05 Å². The maximum absolute atomic E-state index is 8.74. The molecule has 1 N–H and O–H groups in total. The first-order valence-corrected chi connectivity index (χ1v) is 6.35. The molecule has 2 heterocycles. The summed E-state index contributed by atoms with van der Waals surface area (Å²) in [5.74, 6) is 0.764. The molecule has 6 heteroatoms. The molecule has 0 amide bonds. The third-order valence-corrected chi connectivity index (χ3v) is 3.10. The molecule has 0 saturated heterocycles. The average molecular weight is 270 g/mol. The zero-order valence-electron chi connectivity index (χ0n) is 11.9. The van der Waals surface area contributed by atoms with Gasteiger partial charge in [-0.15, -0.1) is 0 Å². The van der Waals surface area contributed by atoms with Crippen LogP contribution >= 0.6 is 0 Å². The molecule has 104 valence electrons. The Bertz CT molecular complexity index is 593. The van der Waals surface area contributed by atoms with E-state index in [-0.39, 0.29) is 6.04 Å². The molecule has 0 aromatic carbocycles. The molecule has 6 nitrogen and oxygen atoms in total. The van der Waals surface area contributed by atoms with Gasteiger partial charge in [-0.1, -0.05) is 0 Å². The topological polar surface area (TPSA) is 69.8 Å². The molecule has 0 fully saturated rings. The lowest BCUT2D eigenvalue weighted by molar-refractivity contribution is 0.311. The van der Waals surface area contributed by atoms with Crippen LogP contribution < -0.4 is 5.32 Å². The standard InChI is InChI=1S/C14H18N6/c1-19(2)13(12-8-18-20(3)10-12)9-17-14-5-4-11(6-15)7-16-14/h4-5,7-8,10,13H,9H2,1-3H3,(H,16,17). The number of rotatable bonds is 5. The SMILES string of the molecule is CN(C)C(CNc1ccc(C#N)cn1)c1cnn(C)c1. The number of nitrogens with zero attached hydrogens (tertiary/aromatic N) is 5. The monoisotopic (exact) mass is 270 g/mol. The summed E-state index contributed by atoms with van der Waals surface area (Å²) in [5, 5.41) is 16.2. The van der Waals surface area contributed by atoms with Crippen LogP contribution in [0.3, 0.4) is 0 Å². The van der Waals surface area contributed by atoms with Crippen LogP contribution in [0.15, 0.2) is 30.7 Å². The lowest BCUT2D eigenvalue weighted by Gasteiger charge is -2.23. The molecule has 0 saturated carbocycles. The van der Waals surface area contributed by atoms with Crippen LogP contribution in [-0.4, -0.2) is 40.3 Å². The molecule has 2 aromatic heterocycles. The number of nitriles is 1. The molecule has 2 aromatic rings. The molecule has 0 bridgehead atoms. The maximum atomic E-state index is 8.74. The van der Waals surface area contributed by atoms with Gasteiger partial charge < -0.3 is 10.2 Å². The summed E-state index contributed by atoms with van der Waals surface area (Å²) in [7, 11) is 5.98. The Balaban J connectivity index is 2.04. The van der Waals surface area contributed by atoms with Crippen LogP contribution in [0.5, 0.6) is 0 Å². The zero-order valence-corrected chi connectivity index (χ0v) is 11.9. The highest BCUT2D eigenvalue weighted by Gasteiger charge is 2.15. The second-order valence-corrected chi connectivity index (χ2v) is 4.85. The molecular weight excluding hydrogens is 252 g/mol. The molecule has 2 rings (SSSR count). The number of anilines is 1. The minimum Gasteiger partial charge on any atom is -0.368 e. The van der Waals surface area contributed by atoms with Gasteiger partial charge in [-0.25, -0.2) is 4.98 Å². The van der Waals surface area contributed by atoms with Crippen LogP contribution in [0.4, 0.5) is 5.82 Å². The summed E-state index contributed by atoms with van der Waals surface area (Å²) in [4.78, 5) is 6.34. The summed E-state index contributed by atoms with van der Waals surface area (Å²) in [6.07, 6.45) is 5.45. The van der Waals surface area contributed by atoms with Crippen LogP contribution in [0, 0.1) is 11.3 Å². The number of likely N-dealkylation sites (N-methyl/N-ethyl adjacent to an activating group) is 1. The van der Waals surface area contributed by atoms with Crippen molar-refractivity contribution >= 4 is 5.82 Å². The van der Waals surface area contributed by atoms with Crippen molar-refractivity contribution < 1.29 is 0 Å². The molecule has 1 atom stereocenters. The molecule has 1 unspecified atom stereocenters. The maximum Gasteiger partial charge on any atom is 0.126 e. The van der Waals surface area contributed by atoms with E-state index >= 15 is 0 Å². The molecule has 0 aliphatic carbocycles. The summed E-state index contributed by atoms with van der Waals surface area (Å²) >= 11 is 0. The number of aryl methyl sites for hydroxylation is 1. The number of nitrogens with one attached hydrogen (secondary N) is 1. The van der Waals surface area contributed by atoms with Crippen molar-refractivity contribution in [3.8, 4) is 6.07 Å². The molecule has 0 radical (unpaired) electrons. The van der Waals surface area contributed by atoms with Gasteiger partial charge in [0.25, 0.3) is 0 Å². The van der Waals surface area contributed by atoms with Gasteiger partial charge in [0, 0.05) is 31.5 Å². The molecule has 0 aliphatic rings. The first kappa shape index (κ1) is 14.0. The quantitative estimate of drug-likeness (QED) is 0.889. The number of pyridine rings is 1. The largest absolute Gasteiger partial charge is 0.368 e. The van der Waals surface area contributed by atoms with Crippen LogP contribution in [0.25, 0.3) is 0 Å². The van der Waals surface area contributed by atoms with Crippen molar-refractivity contribution in [1.82, 2.24) is 19.7 Å². The zero-order chi connectivity index (χ0) is 14.5. The van der Waals surface area contributed by atoms with Gasteiger partial charge in [0.15, 0.2) is 0 Å². The molecule has 0 spiro atoms. The predicted molar refractivity (Wildman–Crippen MR) is 77.1 cm³/mol. The third-order valence-electron chi connectivity index (χ3n) is 3.10. The normalized spacial score (nSPS) is 12.2. The average Bonchev–Trinajstić information content (AvgIpc) is 2.86. The molecular formula is C14H18N6. The fraction of sp³-hybridized carbons (Fsp3) is 0.357. The van der Waals surface area contributed by atoms with E-state index in [2.05, 4.69) is 26.4 Å². The second-order valence-electron chi connectivity index (χ2n) is 4.85. The number of hydrogen-bond acceptors (Lipinski definition) is 5. The highest BCUT2D eigenvalue weighted by Crippen LogP contribution is 2.18. The van der Waals surface area contributed by atoms with E-state index in [4.69, 9.17) is 5.26 Å². The minimum absolute atomic E-state index is 0.209. The van der Waals surface area contributed by atoms with E-state index in [0.717, 1.165) is 17.9 Å².